The SMILES string of the molecule is O=C1OC(c2ccc(Br)cc2)=C/C1=N\N=C(c1ccccc1)c1ccccc1. The standard InChI is InChI=1S/C23H15BrN2O2/c24-19-13-11-16(12-14-19)21-15-20(23(27)28-21)25-26-22(17-7-3-1-4-8-17)18-9-5-2-6-10-18/h1-15H/b25-20+. The van der Waals surface area contributed by atoms with Crippen molar-refractivity contribution in [3.05, 3.63) is 112 Å². The maximum Gasteiger partial charge on any atom is 0.364 e. The summed E-state index contributed by atoms with van der Waals surface area (Å²) in [6, 6.07) is 27.0. The molecule has 1 aliphatic heterocycles. The molecule has 0 saturated heterocycles. The molecule has 0 spiro atoms. The minimum atomic E-state index is -0.512. The Morgan fingerprint density at radius 3 is 1.93 bits per heavy atom. The number of benzene rings is 3. The molecule has 0 fully saturated rings. The predicted molar refractivity (Wildman–Crippen MR) is 114 cm³/mol. The molecular formula is C23H15BrN2O2. The third-order valence-electron chi connectivity index (χ3n) is 4.16. The van der Waals surface area contributed by atoms with Crippen LogP contribution in [0.15, 0.2) is 106 Å². The van der Waals surface area contributed by atoms with Crippen molar-refractivity contribution in [3.8, 4) is 0 Å². The Morgan fingerprint density at radius 1 is 0.786 bits per heavy atom. The fourth-order valence-electron chi connectivity index (χ4n) is 2.77. The van der Waals surface area contributed by atoms with Crippen molar-refractivity contribution in [3.63, 3.8) is 0 Å². The lowest BCUT2D eigenvalue weighted by molar-refractivity contribution is -0.128. The summed E-state index contributed by atoms with van der Waals surface area (Å²) >= 11 is 3.39. The molecule has 0 aliphatic carbocycles. The topological polar surface area (TPSA) is 51.0 Å². The van der Waals surface area contributed by atoms with Crippen molar-refractivity contribution in [1.29, 1.82) is 0 Å². The van der Waals surface area contributed by atoms with Crippen molar-refractivity contribution >= 4 is 39.1 Å². The minimum Gasteiger partial charge on any atom is -0.421 e. The lowest BCUT2D eigenvalue weighted by Gasteiger charge is -2.05. The van der Waals surface area contributed by atoms with Crippen LogP contribution < -0.4 is 0 Å². The van der Waals surface area contributed by atoms with Crippen LogP contribution in [-0.4, -0.2) is 17.4 Å². The molecule has 0 saturated carbocycles. The molecule has 0 bridgehead atoms. The van der Waals surface area contributed by atoms with Gasteiger partial charge < -0.3 is 4.74 Å². The Labute approximate surface area is 171 Å². The van der Waals surface area contributed by atoms with Crippen molar-refractivity contribution in [2.45, 2.75) is 0 Å². The molecule has 28 heavy (non-hydrogen) atoms. The number of rotatable bonds is 4. The molecule has 0 atom stereocenters. The molecule has 5 heteroatoms. The van der Waals surface area contributed by atoms with E-state index in [9.17, 15) is 4.79 Å². The number of ether oxygens (including phenoxy) is 1. The van der Waals surface area contributed by atoms with E-state index in [0.29, 0.717) is 11.5 Å². The maximum atomic E-state index is 12.2. The van der Waals surface area contributed by atoms with Crippen LogP contribution in [-0.2, 0) is 9.53 Å². The summed E-state index contributed by atoms with van der Waals surface area (Å²) in [7, 11) is 0. The largest absolute Gasteiger partial charge is 0.421 e. The van der Waals surface area contributed by atoms with Gasteiger partial charge in [0.05, 0.1) is 0 Å². The molecule has 4 rings (SSSR count). The number of carbonyl (C=O) groups is 1. The number of hydrogen-bond donors (Lipinski definition) is 0. The first-order chi connectivity index (χ1) is 13.7. The van der Waals surface area contributed by atoms with Gasteiger partial charge in [-0.25, -0.2) is 4.79 Å². The molecular weight excluding hydrogens is 416 g/mol. The fourth-order valence-corrected chi connectivity index (χ4v) is 3.03. The lowest BCUT2D eigenvalue weighted by atomic mass is 10.0. The molecule has 0 amide bonds. The van der Waals surface area contributed by atoms with E-state index in [2.05, 4.69) is 26.1 Å². The van der Waals surface area contributed by atoms with Crippen LogP contribution >= 0.6 is 15.9 Å². The van der Waals surface area contributed by atoms with E-state index < -0.39 is 5.97 Å². The van der Waals surface area contributed by atoms with Gasteiger partial charge in [-0.2, -0.15) is 0 Å². The van der Waals surface area contributed by atoms with Crippen LogP contribution in [0.1, 0.15) is 16.7 Å². The summed E-state index contributed by atoms with van der Waals surface area (Å²) in [5, 5.41) is 8.59. The molecule has 1 aliphatic rings. The zero-order chi connectivity index (χ0) is 19.3. The highest BCUT2D eigenvalue weighted by Crippen LogP contribution is 2.23. The van der Waals surface area contributed by atoms with Gasteiger partial charge >= 0.3 is 5.97 Å². The lowest BCUT2D eigenvalue weighted by Crippen LogP contribution is -2.08. The smallest absolute Gasteiger partial charge is 0.364 e. The molecule has 0 N–H and O–H groups in total. The van der Waals surface area contributed by atoms with E-state index in [4.69, 9.17) is 4.74 Å². The van der Waals surface area contributed by atoms with E-state index in [1.807, 2.05) is 84.9 Å². The van der Waals surface area contributed by atoms with Crippen LogP contribution in [0.3, 0.4) is 0 Å². The monoisotopic (exact) mass is 430 g/mol. The second-order valence-corrected chi connectivity index (χ2v) is 6.99. The number of halogens is 1. The third kappa shape index (κ3) is 4.00. The van der Waals surface area contributed by atoms with Gasteiger partial charge in [-0.05, 0) is 12.1 Å². The van der Waals surface area contributed by atoms with Crippen LogP contribution in [0, 0.1) is 0 Å². The first-order valence-corrected chi connectivity index (χ1v) is 9.46. The Balaban J connectivity index is 1.72. The highest BCUT2D eigenvalue weighted by Gasteiger charge is 2.24. The van der Waals surface area contributed by atoms with Crippen molar-refractivity contribution in [1.82, 2.24) is 0 Å². The highest BCUT2D eigenvalue weighted by atomic mass is 79.9. The summed E-state index contributed by atoms with van der Waals surface area (Å²) in [5.41, 5.74) is 3.49. The van der Waals surface area contributed by atoms with Crippen LogP contribution in [0.5, 0.6) is 0 Å². The second kappa shape index (κ2) is 8.15. The summed E-state index contributed by atoms with van der Waals surface area (Å²) < 4.78 is 6.30. The van der Waals surface area contributed by atoms with Gasteiger partial charge in [-0.1, -0.05) is 88.7 Å². The van der Waals surface area contributed by atoms with Gasteiger partial charge in [0.15, 0.2) is 5.71 Å². The molecule has 4 nitrogen and oxygen atoms in total. The first-order valence-electron chi connectivity index (χ1n) is 8.67. The Bertz CT molecular complexity index is 1040. The van der Waals surface area contributed by atoms with Gasteiger partial charge in [0, 0.05) is 27.2 Å². The Kier molecular flexibility index (Phi) is 5.26. The zero-order valence-electron chi connectivity index (χ0n) is 14.7. The molecule has 0 unspecified atom stereocenters. The van der Waals surface area contributed by atoms with E-state index in [1.54, 1.807) is 6.08 Å². The minimum absolute atomic E-state index is 0.169. The van der Waals surface area contributed by atoms with Crippen molar-refractivity contribution in [2.75, 3.05) is 0 Å². The average Bonchev–Trinajstić information content (AvgIpc) is 3.11. The van der Waals surface area contributed by atoms with Gasteiger partial charge in [0.2, 0.25) is 0 Å². The van der Waals surface area contributed by atoms with Crippen molar-refractivity contribution in [2.24, 2.45) is 10.2 Å². The first kappa shape index (κ1) is 18.1. The Hall–Kier alpha value is -3.31. The number of cyclic esters (lactones) is 1. The predicted octanol–water partition coefficient (Wildman–Crippen LogP) is 5.24. The fraction of sp³-hybridized carbons (Fsp3) is 0. The van der Waals surface area contributed by atoms with E-state index >= 15 is 0 Å². The van der Waals surface area contributed by atoms with Crippen LogP contribution in [0.4, 0.5) is 0 Å². The maximum absolute atomic E-state index is 12.2. The van der Waals surface area contributed by atoms with Gasteiger partial charge in [-0.3, -0.25) is 0 Å². The van der Waals surface area contributed by atoms with Gasteiger partial charge in [0.25, 0.3) is 0 Å². The molecule has 0 aromatic heterocycles. The Morgan fingerprint density at radius 2 is 1.36 bits per heavy atom. The number of nitrogens with zero attached hydrogens (tertiary/aromatic N) is 2. The summed E-state index contributed by atoms with van der Waals surface area (Å²) in [4.78, 5) is 12.2. The number of carbonyl (C=O) groups excluding carboxylic acids is 1. The number of esters is 1. The van der Waals surface area contributed by atoms with E-state index in [0.717, 1.165) is 21.2 Å². The molecule has 0 radical (unpaired) electrons. The average molecular weight is 431 g/mol. The van der Waals surface area contributed by atoms with Gasteiger partial charge in [0.1, 0.15) is 11.5 Å². The normalized spacial score (nSPS) is 14.5. The molecule has 3 aromatic carbocycles. The summed E-state index contributed by atoms with van der Waals surface area (Å²) in [6.07, 6.45) is 1.61. The van der Waals surface area contributed by atoms with E-state index in [1.165, 1.54) is 0 Å². The van der Waals surface area contributed by atoms with Crippen LogP contribution in [0.25, 0.3) is 5.76 Å². The summed E-state index contributed by atoms with van der Waals surface area (Å²) in [5.74, 6) is -0.0467. The highest BCUT2D eigenvalue weighted by molar-refractivity contribution is 9.10. The quantitative estimate of drug-likeness (QED) is 0.322. The molecule has 136 valence electrons. The third-order valence-corrected chi connectivity index (χ3v) is 4.69. The van der Waals surface area contributed by atoms with Crippen molar-refractivity contribution < 1.29 is 9.53 Å². The van der Waals surface area contributed by atoms with Crippen LogP contribution in [0.2, 0.25) is 0 Å². The second-order valence-electron chi connectivity index (χ2n) is 6.07. The number of hydrogen-bond acceptors (Lipinski definition) is 4. The van der Waals surface area contributed by atoms with Gasteiger partial charge in [-0.15, -0.1) is 10.2 Å². The summed E-state index contributed by atoms with van der Waals surface area (Å²) in [6.45, 7) is 0. The molecule has 1 heterocycles. The molecule has 3 aromatic rings. The zero-order valence-corrected chi connectivity index (χ0v) is 16.3. The van der Waals surface area contributed by atoms with E-state index in [-0.39, 0.29) is 5.71 Å².